The average Bonchev–Trinajstić information content (AvgIpc) is 2.55. The predicted molar refractivity (Wildman–Crippen MR) is 91.0 cm³/mol. The summed E-state index contributed by atoms with van der Waals surface area (Å²) in [7, 11) is 1.40. The molecule has 1 N–H and O–H groups in total. The summed E-state index contributed by atoms with van der Waals surface area (Å²) >= 11 is 5.51. The SMILES string of the molecule is COC(=O)CC1c2ccccc2NC(=S)N1c1ccccc1. The van der Waals surface area contributed by atoms with Crippen molar-refractivity contribution in [2.45, 2.75) is 12.5 Å². The Morgan fingerprint density at radius 1 is 1.18 bits per heavy atom. The molecule has 22 heavy (non-hydrogen) atoms. The minimum Gasteiger partial charge on any atom is -0.469 e. The molecule has 1 aliphatic heterocycles. The topological polar surface area (TPSA) is 41.6 Å². The van der Waals surface area contributed by atoms with Crippen LogP contribution in [0.25, 0.3) is 0 Å². The van der Waals surface area contributed by atoms with Crippen molar-refractivity contribution in [3.05, 3.63) is 60.2 Å². The quantitative estimate of drug-likeness (QED) is 0.694. The Morgan fingerprint density at radius 2 is 1.86 bits per heavy atom. The summed E-state index contributed by atoms with van der Waals surface area (Å²) in [4.78, 5) is 13.8. The third-order valence-electron chi connectivity index (χ3n) is 3.71. The van der Waals surface area contributed by atoms with Gasteiger partial charge in [-0.05, 0) is 36.0 Å². The molecule has 0 saturated carbocycles. The van der Waals surface area contributed by atoms with Crippen LogP contribution in [0.5, 0.6) is 0 Å². The Bertz CT molecular complexity index is 703. The van der Waals surface area contributed by atoms with Gasteiger partial charge >= 0.3 is 5.97 Å². The Labute approximate surface area is 134 Å². The zero-order chi connectivity index (χ0) is 15.5. The Kier molecular flexibility index (Phi) is 4.06. The highest BCUT2D eigenvalue weighted by molar-refractivity contribution is 7.80. The van der Waals surface area contributed by atoms with Gasteiger partial charge in [0.05, 0.1) is 19.6 Å². The van der Waals surface area contributed by atoms with Crippen molar-refractivity contribution in [1.29, 1.82) is 0 Å². The molecule has 112 valence electrons. The van der Waals surface area contributed by atoms with Crippen molar-refractivity contribution in [1.82, 2.24) is 0 Å². The lowest BCUT2D eigenvalue weighted by Crippen LogP contribution is -2.43. The van der Waals surface area contributed by atoms with Gasteiger partial charge in [0.2, 0.25) is 0 Å². The number of carbonyl (C=O) groups excluding carboxylic acids is 1. The molecule has 0 aromatic heterocycles. The van der Waals surface area contributed by atoms with E-state index in [9.17, 15) is 4.79 Å². The van der Waals surface area contributed by atoms with Crippen LogP contribution in [0.3, 0.4) is 0 Å². The number of methoxy groups -OCH3 is 1. The lowest BCUT2D eigenvalue weighted by atomic mass is 9.97. The molecule has 0 saturated heterocycles. The van der Waals surface area contributed by atoms with Crippen LogP contribution >= 0.6 is 12.2 Å². The second-order valence-corrected chi connectivity index (χ2v) is 5.41. The van der Waals surface area contributed by atoms with Crippen LogP contribution in [-0.2, 0) is 9.53 Å². The Balaban J connectivity index is 2.07. The fraction of sp³-hybridized carbons (Fsp3) is 0.176. The number of hydrogen-bond acceptors (Lipinski definition) is 3. The molecule has 0 spiro atoms. The van der Waals surface area contributed by atoms with Crippen molar-refractivity contribution < 1.29 is 9.53 Å². The van der Waals surface area contributed by atoms with Gasteiger partial charge in [-0.15, -0.1) is 0 Å². The van der Waals surface area contributed by atoms with E-state index in [1.807, 2.05) is 59.5 Å². The lowest BCUT2D eigenvalue weighted by molar-refractivity contribution is -0.141. The molecule has 0 amide bonds. The standard InChI is InChI=1S/C17H16N2O2S/c1-21-16(20)11-15-13-9-5-6-10-14(13)18-17(22)19(15)12-7-3-2-4-8-12/h2-10,15H,11H2,1H3,(H,18,22). The van der Waals surface area contributed by atoms with Gasteiger partial charge in [-0.3, -0.25) is 4.79 Å². The first-order valence-electron chi connectivity index (χ1n) is 7.01. The number of carbonyl (C=O) groups is 1. The van der Waals surface area contributed by atoms with E-state index in [1.54, 1.807) is 0 Å². The molecule has 0 radical (unpaired) electrons. The van der Waals surface area contributed by atoms with Crippen LogP contribution in [0.15, 0.2) is 54.6 Å². The zero-order valence-electron chi connectivity index (χ0n) is 12.2. The van der Waals surface area contributed by atoms with Crippen molar-refractivity contribution in [3.63, 3.8) is 0 Å². The van der Waals surface area contributed by atoms with E-state index in [-0.39, 0.29) is 18.4 Å². The fourth-order valence-electron chi connectivity index (χ4n) is 2.69. The van der Waals surface area contributed by atoms with E-state index in [0.29, 0.717) is 5.11 Å². The highest BCUT2D eigenvalue weighted by Crippen LogP contribution is 2.38. The number of thiocarbonyl (C=S) groups is 1. The van der Waals surface area contributed by atoms with Crippen LogP contribution in [-0.4, -0.2) is 18.2 Å². The van der Waals surface area contributed by atoms with E-state index in [0.717, 1.165) is 16.9 Å². The number of nitrogens with zero attached hydrogens (tertiary/aromatic N) is 1. The zero-order valence-corrected chi connectivity index (χ0v) is 13.0. The smallest absolute Gasteiger partial charge is 0.307 e. The molecule has 1 unspecified atom stereocenters. The largest absolute Gasteiger partial charge is 0.469 e. The summed E-state index contributed by atoms with van der Waals surface area (Å²) in [5.74, 6) is -0.259. The summed E-state index contributed by atoms with van der Waals surface area (Å²) in [6.07, 6.45) is 0.240. The third kappa shape index (κ3) is 2.67. The van der Waals surface area contributed by atoms with E-state index < -0.39 is 0 Å². The molecule has 1 atom stereocenters. The van der Waals surface area contributed by atoms with Crippen LogP contribution in [0.2, 0.25) is 0 Å². The molecule has 0 fully saturated rings. The summed E-state index contributed by atoms with van der Waals surface area (Å²) in [6, 6.07) is 17.5. The van der Waals surface area contributed by atoms with Gasteiger partial charge in [0.25, 0.3) is 0 Å². The van der Waals surface area contributed by atoms with Gasteiger partial charge in [-0.1, -0.05) is 36.4 Å². The molecular weight excluding hydrogens is 296 g/mol. The maximum Gasteiger partial charge on any atom is 0.307 e. The first-order chi connectivity index (χ1) is 10.7. The fourth-order valence-corrected chi connectivity index (χ4v) is 3.03. The van der Waals surface area contributed by atoms with Gasteiger partial charge in [-0.2, -0.15) is 0 Å². The second-order valence-electron chi connectivity index (χ2n) is 5.02. The van der Waals surface area contributed by atoms with Gasteiger partial charge in [0.15, 0.2) is 5.11 Å². The van der Waals surface area contributed by atoms with Gasteiger partial charge < -0.3 is 15.0 Å². The molecule has 1 aliphatic rings. The number of nitrogens with one attached hydrogen (secondary N) is 1. The molecular formula is C17H16N2O2S. The molecule has 0 bridgehead atoms. The average molecular weight is 312 g/mol. The van der Waals surface area contributed by atoms with Gasteiger partial charge in [0.1, 0.15) is 0 Å². The maximum absolute atomic E-state index is 11.9. The van der Waals surface area contributed by atoms with E-state index >= 15 is 0 Å². The number of fused-ring (bicyclic) bond motifs is 1. The van der Waals surface area contributed by atoms with Crippen LogP contribution in [0, 0.1) is 0 Å². The summed E-state index contributed by atoms with van der Waals surface area (Å²) in [5.41, 5.74) is 2.92. The monoisotopic (exact) mass is 312 g/mol. The molecule has 4 nitrogen and oxygen atoms in total. The third-order valence-corrected chi connectivity index (χ3v) is 4.01. The molecule has 0 aliphatic carbocycles. The number of ether oxygens (including phenoxy) is 1. The lowest BCUT2D eigenvalue weighted by Gasteiger charge is -2.39. The van der Waals surface area contributed by atoms with E-state index in [2.05, 4.69) is 5.32 Å². The van der Waals surface area contributed by atoms with Crippen molar-refractivity contribution in [2.24, 2.45) is 0 Å². The summed E-state index contributed by atoms with van der Waals surface area (Å²) in [5, 5.41) is 3.82. The highest BCUT2D eigenvalue weighted by atomic mass is 32.1. The van der Waals surface area contributed by atoms with Crippen molar-refractivity contribution in [2.75, 3.05) is 17.3 Å². The highest BCUT2D eigenvalue weighted by Gasteiger charge is 2.32. The second kappa shape index (κ2) is 6.15. The minimum atomic E-state index is -0.259. The number of para-hydroxylation sites is 2. The summed E-state index contributed by atoms with van der Waals surface area (Å²) in [6.45, 7) is 0. The number of benzene rings is 2. The minimum absolute atomic E-state index is 0.181. The predicted octanol–water partition coefficient (Wildman–Crippen LogP) is 3.51. The number of esters is 1. The summed E-state index contributed by atoms with van der Waals surface area (Å²) < 4.78 is 4.86. The van der Waals surface area contributed by atoms with Crippen LogP contribution < -0.4 is 10.2 Å². The van der Waals surface area contributed by atoms with Gasteiger partial charge in [-0.25, -0.2) is 0 Å². The number of rotatable bonds is 3. The normalized spacial score (nSPS) is 16.7. The number of anilines is 2. The van der Waals surface area contributed by atoms with Crippen molar-refractivity contribution >= 4 is 34.7 Å². The number of hydrogen-bond donors (Lipinski definition) is 1. The van der Waals surface area contributed by atoms with Crippen LogP contribution in [0.1, 0.15) is 18.0 Å². The molecule has 2 aromatic rings. The van der Waals surface area contributed by atoms with Crippen molar-refractivity contribution in [3.8, 4) is 0 Å². The molecule has 1 heterocycles. The maximum atomic E-state index is 11.9. The molecule has 5 heteroatoms. The van der Waals surface area contributed by atoms with E-state index in [4.69, 9.17) is 17.0 Å². The van der Waals surface area contributed by atoms with Crippen LogP contribution in [0.4, 0.5) is 11.4 Å². The molecule has 2 aromatic carbocycles. The Morgan fingerprint density at radius 3 is 2.59 bits per heavy atom. The van der Waals surface area contributed by atoms with E-state index in [1.165, 1.54) is 7.11 Å². The molecule has 3 rings (SSSR count). The van der Waals surface area contributed by atoms with Gasteiger partial charge in [0, 0.05) is 11.4 Å². The Hall–Kier alpha value is -2.40. The first kappa shape index (κ1) is 14.5. The first-order valence-corrected chi connectivity index (χ1v) is 7.42.